The van der Waals surface area contributed by atoms with Crippen molar-refractivity contribution in [1.82, 2.24) is 9.55 Å². The summed E-state index contributed by atoms with van der Waals surface area (Å²) in [6, 6.07) is 1.14. The Hall–Kier alpha value is -1.94. The number of azide groups is 1. The van der Waals surface area contributed by atoms with E-state index < -0.39 is 43.0 Å². The zero-order chi connectivity index (χ0) is 21.2. The molecule has 3 heterocycles. The molecule has 2 saturated heterocycles. The van der Waals surface area contributed by atoms with E-state index in [2.05, 4.69) is 15.0 Å². The first-order valence-corrected chi connectivity index (χ1v) is 10.8. The van der Waals surface area contributed by atoms with Gasteiger partial charge in [-0.25, -0.2) is 9.36 Å². The highest BCUT2D eigenvalue weighted by atomic mass is 31.2. The SMILES string of the molecule is CCC(CC)CO[P@@]1(=O)OC[C@H]2OC(n3ccc(=O)[nH]c3=O)[C@](C)(N=[N+]=[N-])[C@@H]2O1. The number of fused-ring (bicyclic) bond motifs is 1. The number of rotatable bonds is 7. The molecule has 5 atom stereocenters. The fraction of sp³-hybridized carbons (Fsp3) is 0.750. The van der Waals surface area contributed by atoms with E-state index in [1.165, 1.54) is 13.1 Å². The Morgan fingerprint density at radius 1 is 1.48 bits per heavy atom. The van der Waals surface area contributed by atoms with Gasteiger partial charge in [-0.1, -0.05) is 31.8 Å². The highest BCUT2D eigenvalue weighted by Crippen LogP contribution is 2.59. The van der Waals surface area contributed by atoms with Gasteiger partial charge in [0.1, 0.15) is 17.7 Å². The maximum Gasteiger partial charge on any atom is 0.475 e. The van der Waals surface area contributed by atoms with Crippen LogP contribution < -0.4 is 11.2 Å². The average molecular weight is 429 g/mol. The molecule has 0 radical (unpaired) electrons. The molecule has 13 heteroatoms. The Morgan fingerprint density at radius 2 is 2.21 bits per heavy atom. The predicted molar refractivity (Wildman–Crippen MR) is 101 cm³/mol. The second-order valence-corrected chi connectivity index (χ2v) is 8.83. The smallest absolute Gasteiger partial charge is 0.349 e. The lowest BCUT2D eigenvalue weighted by atomic mass is 9.93. The van der Waals surface area contributed by atoms with Gasteiger partial charge in [-0.3, -0.25) is 27.9 Å². The maximum absolute atomic E-state index is 13.0. The third-order valence-electron chi connectivity index (χ3n) is 5.34. The highest BCUT2D eigenvalue weighted by Gasteiger charge is 2.60. The minimum Gasteiger partial charge on any atom is -0.349 e. The van der Waals surface area contributed by atoms with E-state index in [0.29, 0.717) is 0 Å². The van der Waals surface area contributed by atoms with Crippen LogP contribution >= 0.6 is 7.82 Å². The lowest BCUT2D eigenvalue weighted by Gasteiger charge is -2.35. The van der Waals surface area contributed by atoms with E-state index in [1.807, 2.05) is 13.8 Å². The molecule has 0 aliphatic carbocycles. The van der Waals surface area contributed by atoms with Crippen LogP contribution in [0.2, 0.25) is 0 Å². The summed E-state index contributed by atoms with van der Waals surface area (Å²) in [6.45, 7) is 5.60. The van der Waals surface area contributed by atoms with Gasteiger partial charge in [-0.2, -0.15) is 0 Å². The molecule has 2 aliphatic rings. The first-order chi connectivity index (χ1) is 13.8. The molecule has 0 spiro atoms. The van der Waals surface area contributed by atoms with Gasteiger partial charge in [-0.15, -0.1) is 0 Å². The van der Waals surface area contributed by atoms with Crippen molar-refractivity contribution in [1.29, 1.82) is 0 Å². The summed E-state index contributed by atoms with van der Waals surface area (Å²) in [4.78, 5) is 28.6. The molecular formula is C16H24N5O7P. The number of phosphoric ester groups is 1. The fourth-order valence-electron chi connectivity index (χ4n) is 3.48. The molecule has 29 heavy (non-hydrogen) atoms. The molecule has 1 aromatic rings. The zero-order valence-electron chi connectivity index (χ0n) is 16.4. The fourth-order valence-corrected chi connectivity index (χ4v) is 5.02. The quantitative estimate of drug-likeness (QED) is 0.302. The topological polar surface area (TPSA) is 158 Å². The van der Waals surface area contributed by atoms with Crippen LogP contribution in [0, 0.1) is 5.92 Å². The van der Waals surface area contributed by atoms with Gasteiger partial charge in [0.15, 0.2) is 6.23 Å². The number of aromatic amines is 1. The number of nitrogens with zero attached hydrogens (tertiary/aromatic N) is 4. The molecule has 1 N–H and O–H groups in total. The van der Waals surface area contributed by atoms with Crippen molar-refractivity contribution in [2.45, 2.75) is 57.6 Å². The van der Waals surface area contributed by atoms with E-state index in [0.717, 1.165) is 23.5 Å². The minimum absolute atomic E-state index is 0.129. The van der Waals surface area contributed by atoms with Gasteiger partial charge >= 0.3 is 13.5 Å². The van der Waals surface area contributed by atoms with Crippen LogP contribution in [0.5, 0.6) is 0 Å². The molecule has 0 aromatic carbocycles. The predicted octanol–water partition coefficient (Wildman–Crippen LogP) is 2.48. The standard InChI is InChI=1S/C16H24N5O7P/c1-4-10(5-2)8-25-29(24)26-9-11-13(28-29)16(3,19-20-17)14(27-11)21-7-6-12(22)18-15(21)23/h6-7,10-11,13-14H,4-5,8-9H2,1-3H3,(H,18,22,23)/t11-,13-,14?,16-,29+/m1/s1. The minimum atomic E-state index is -3.91. The van der Waals surface area contributed by atoms with Crippen LogP contribution in [0.1, 0.15) is 39.8 Å². The molecule has 1 unspecified atom stereocenters. The van der Waals surface area contributed by atoms with Crippen molar-refractivity contribution < 1.29 is 22.9 Å². The number of H-pyrrole nitrogens is 1. The third kappa shape index (κ3) is 4.18. The largest absolute Gasteiger partial charge is 0.475 e. The van der Waals surface area contributed by atoms with Crippen molar-refractivity contribution >= 4 is 7.82 Å². The average Bonchev–Trinajstić information content (AvgIpc) is 2.95. The van der Waals surface area contributed by atoms with Gasteiger partial charge in [0.2, 0.25) is 0 Å². The van der Waals surface area contributed by atoms with Crippen LogP contribution in [-0.2, 0) is 22.9 Å². The van der Waals surface area contributed by atoms with Gasteiger partial charge < -0.3 is 4.74 Å². The molecule has 2 fully saturated rings. The first-order valence-electron chi connectivity index (χ1n) is 9.37. The maximum atomic E-state index is 13.0. The monoisotopic (exact) mass is 429 g/mol. The van der Waals surface area contributed by atoms with Crippen LogP contribution in [0.4, 0.5) is 0 Å². The molecule has 160 valence electrons. The van der Waals surface area contributed by atoms with Crippen molar-refractivity contribution in [3.63, 3.8) is 0 Å². The van der Waals surface area contributed by atoms with Gasteiger partial charge in [0.05, 0.1) is 13.2 Å². The molecule has 0 saturated carbocycles. The number of phosphoric acid groups is 1. The van der Waals surface area contributed by atoms with Crippen molar-refractivity contribution in [2.75, 3.05) is 13.2 Å². The number of aromatic nitrogens is 2. The molecule has 2 aliphatic heterocycles. The Bertz CT molecular complexity index is 953. The molecule has 3 rings (SSSR count). The van der Waals surface area contributed by atoms with Crippen LogP contribution in [0.3, 0.4) is 0 Å². The summed E-state index contributed by atoms with van der Waals surface area (Å²) in [7, 11) is -3.91. The van der Waals surface area contributed by atoms with Crippen molar-refractivity contribution in [2.24, 2.45) is 11.0 Å². The first kappa shape index (κ1) is 21.8. The molecular weight excluding hydrogens is 405 g/mol. The van der Waals surface area contributed by atoms with E-state index >= 15 is 0 Å². The molecule has 1 aromatic heterocycles. The number of ether oxygens (including phenoxy) is 1. The number of hydrogen-bond acceptors (Lipinski definition) is 8. The Morgan fingerprint density at radius 3 is 2.83 bits per heavy atom. The highest BCUT2D eigenvalue weighted by molar-refractivity contribution is 7.48. The zero-order valence-corrected chi connectivity index (χ0v) is 17.3. The summed E-state index contributed by atoms with van der Waals surface area (Å²) < 4.78 is 36.4. The summed E-state index contributed by atoms with van der Waals surface area (Å²) in [6.07, 6.45) is 0.0837. The van der Waals surface area contributed by atoms with Crippen LogP contribution in [0.25, 0.3) is 10.4 Å². The Balaban J connectivity index is 1.90. The second kappa shape index (κ2) is 8.43. The van der Waals surface area contributed by atoms with E-state index in [9.17, 15) is 14.2 Å². The molecule has 0 amide bonds. The van der Waals surface area contributed by atoms with Gasteiger partial charge in [0.25, 0.3) is 5.56 Å². The lowest BCUT2D eigenvalue weighted by molar-refractivity contribution is -0.0733. The lowest BCUT2D eigenvalue weighted by Crippen LogP contribution is -2.48. The number of hydrogen-bond donors (Lipinski definition) is 1. The van der Waals surface area contributed by atoms with Crippen LogP contribution in [0.15, 0.2) is 27.0 Å². The van der Waals surface area contributed by atoms with Crippen LogP contribution in [-0.4, -0.2) is 40.5 Å². The molecule has 0 bridgehead atoms. The van der Waals surface area contributed by atoms with Crippen molar-refractivity contribution in [3.8, 4) is 0 Å². The third-order valence-corrected chi connectivity index (χ3v) is 6.76. The van der Waals surface area contributed by atoms with E-state index in [4.69, 9.17) is 23.8 Å². The van der Waals surface area contributed by atoms with Crippen molar-refractivity contribution in [3.05, 3.63) is 43.5 Å². The number of nitrogens with one attached hydrogen (secondary N) is 1. The normalized spacial score (nSPS) is 34.0. The van der Waals surface area contributed by atoms with E-state index in [1.54, 1.807) is 0 Å². The summed E-state index contributed by atoms with van der Waals surface area (Å²) in [5, 5.41) is 3.80. The summed E-state index contributed by atoms with van der Waals surface area (Å²) in [5.74, 6) is 0.196. The molecule has 12 nitrogen and oxygen atoms in total. The van der Waals surface area contributed by atoms with Gasteiger partial charge in [-0.05, 0) is 18.4 Å². The second-order valence-electron chi connectivity index (χ2n) is 7.21. The summed E-state index contributed by atoms with van der Waals surface area (Å²) >= 11 is 0. The summed E-state index contributed by atoms with van der Waals surface area (Å²) in [5.41, 5.74) is 6.34. The Kier molecular flexibility index (Phi) is 6.33. The van der Waals surface area contributed by atoms with Gasteiger partial charge in [0, 0.05) is 17.2 Å². The van der Waals surface area contributed by atoms with E-state index in [-0.39, 0.29) is 19.1 Å². The Labute approximate surface area is 166 Å².